The Hall–Kier alpha value is -1.48. The normalized spacial score (nSPS) is 13.3. The van der Waals surface area contributed by atoms with E-state index in [1.54, 1.807) is 7.11 Å². The van der Waals surface area contributed by atoms with Gasteiger partial charge in [0.25, 0.3) is 0 Å². The molecule has 1 aromatic carbocycles. The van der Waals surface area contributed by atoms with Gasteiger partial charge in [0.05, 0.1) is 13.2 Å². The monoisotopic (exact) mass is 219 g/mol. The van der Waals surface area contributed by atoms with Gasteiger partial charge in [0.2, 0.25) is 0 Å². The lowest BCUT2D eigenvalue weighted by atomic mass is 10.0. The van der Waals surface area contributed by atoms with Gasteiger partial charge in [-0.15, -0.1) is 0 Å². The van der Waals surface area contributed by atoms with Crippen molar-refractivity contribution in [3.8, 4) is 5.75 Å². The Bertz CT molecular complexity index is 488. The van der Waals surface area contributed by atoms with Crippen molar-refractivity contribution in [2.45, 2.75) is 19.9 Å². The van der Waals surface area contributed by atoms with Crippen LogP contribution < -0.4 is 10.5 Å². The van der Waals surface area contributed by atoms with Gasteiger partial charge in [-0.05, 0) is 30.2 Å². The number of rotatable bonds is 3. The Balaban J connectivity index is 2.43. The molecule has 0 bridgehead atoms. The zero-order valence-corrected chi connectivity index (χ0v) is 9.86. The van der Waals surface area contributed by atoms with Crippen LogP contribution in [-0.4, -0.2) is 7.11 Å². The van der Waals surface area contributed by atoms with Crippen LogP contribution in [0, 0.1) is 5.92 Å². The molecule has 0 spiro atoms. The molecule has 3 heteroatoms. The van der Waals surface area contributed by atoms with Crippen molar-refractivity contribution in [1.29, 1.82) is 0 Å². The van der Waals surface area contributed by atoms with Gasteiger partial charge in [-0.3, -0.25) is 0 Å². The standard InChI is InChI=1S/C13H17NO2/c1-8(2)13(14)12-7-9-6-10(15-3)4-5-11(9)16-12/h4-8,13H,14H2,1-3H3/t13-/m0/s1. The maximum absolute atomic E-state index is 6.05. The first-order chi connectivity index (χ1) is 7.61. The zero-order valence-electron chi connectivity index (χ0n) is 9.86. The van der Waals surface area contributed by atoms with Gasteiger partial charge in [0.15, 0.2) is 0 Å². The molecule has 16 heavy (non-hydrogen) atoms. The van der Waals surface area contributed by atoms with E-state index in [0.717, 1.165) is 22.5 Å². The first-order valence-corrected chi connectivity index (χ1v) is 5.45. The Morgan fingerprint density at radius 1 is 1.25 bits per heavy atom. The lowest BCUT2D eigenvalue weighted by Crippen LogP contribution is -2.15. The van der Waals surface area contributed by atoms with Crippen molar-refractivity contribution >= 4 is 11.0 Å². The van der Waals surface area contributed by atoms with Crippen LogP contribution in [0.5, 0.6) is 5.75 Å². The van der Waals surface area contributed by atoms with Gasteiger partial charge in [-0.2, -0.15) is 0 Å². The van der Waals surface area contributed by atoms with Crippen LogP contribution in [0.25, 0.3) is 11.0 Å². The highest BCUT2D eigenvalue weighted by atomic mass is 16.5. The minimum absolute atomic E-state index is 0.0570. The number of fused-ring (bicyclic) bond motifs is 1. The fourth-order valence-electron chi connectivity index (χ4n) is 1.66. The summed E-state index contributed by atoms with van der Waals surface area (Å²) in [5.41, 5.74) is 6.90. The number of hydrogen-bond donors (Lipinski definition) is 1. The lowest BCUT2D eigenvalue weighted by Gasteiger charge is -2.11. The molecule has 0 amide bonds. The van der Waals surface area contributed by atoms with Crippen molar-refractivity contribution in [2.75, 3.05) is 7.11 Å². The Morgan fingerprint density at radius 3 is 2.62 bits per heavy atom. The van der Waals surface area contributed by atoms with Crippen LogP contribution in [0.2, 0.25) is 0 Å². The van der Waals surface area contributed by atoms with Crippen LogP contribution in [0.1, 0.15) is 25.6 Å². The smallest absolute Gasteiger partial charge is 0.134 e. The Kier molecular flexibility index (Phi) is 2.88. The van der Waals surface area contributed by atoms with Crippen LogP contribution in [-0.2, 0) is 0 Å². The number of nitrogens with two attached hydrogens (primary N) is 1. The second-order valence-corrected chi connectivity index (χ2v) is 4.32. The molecule has 2 N–H and O–H groups in total. The van der Waals surface area contributed by atoms with Gasteiger partial charge in [-0.25, -0.2) is 0 Å². The number of furan rings is 1. The molecule has 0 saturated carbocycles. The van der Waals surface area contributed by atoms with E-state index in [1.165, 1.54) is 0 Å². The minimum Gasteiger partial charge on any atom is -0.497 e. The van der Waals surface area contributed by atoms with Gasteiger partial charge < -0.3 is 14.9 Å². The summed E-state index contributed by atoms with van der Waals surface area (Å²) in [7, 11) is 1.65. The third-order valence-corrected chi connectivity index (χ3v) is 2.79. The maximum Gasteiger partial charge on any atom is 0.134 e. The summed E-state index contributed by atoms with van der Waals surface area (Å²) in [4.78, 5) is 0. The fraction of sp³-hybridized carbons (Fsp3) is 0.385. The Labute approximate surface area is 95.2 Å². The number of hydrogen-bond acceptors (Lipinski definition) is 3. The number of methoxy groups -OCH3 is 1. The molecule has 3 nitrogen and oxygen atoms in total. The predicted molar refractivity (Wildman–Crippen MR) is 64.5 cm³/mol. The van der Waals surface area contributed by atoms with E-state index in [9.17, 15) is 0 Å². The molecule has 1 aromatic heterocycles. The SMILES string of the molecule is COc1ccc2oc([C@@H](N)C(C)C)cc2c1. The van der Waals surface area contributed by atoms with E-state index in [4.69, 9.17) is 14.9 Å². The predicted octanol–water partition coefficient (Wildman–Crippen LogP) is 3.10. The van der Waals surface area contributed by atoms with Crippen LogP contribution in [0.3, 0.4) is 0 Å². The maximum atomic E-state index is 6.05. The van der Waals surface area contributed by atoms with E-state index in [-0.39, 0.29) is 6.04 Å². The highest BCUT2D eigenvalue weighted by Crippen LogP contribution is 2.28. The average molecular weight is 219 g/mol. The molecule has 0 aliphatic carbocycles. The van der Waals surface area contributed by atoms with Crippen molar-refractivity contribution in [1.82, 2.24) is 0 Å². The van der Waals surface area contributed by atoms with E-state index in [2.05, 4.69) is 13.8 Å². The quantitative estimate of drug-likeness (QED) is 0.862. The molecule has 0 unspecified atom stereocenters. The number of ether oxygens (including phenoxy) is 1. The topological polar surface area (TPSA) is 48.4 Å². The zero-order chi connectivity index (χ0) is 11.7. The Morgan fingerprint density at radius 2 is 2.00 bits per heavy atom. The van der Waals surface area contributed by atoms with Gasteiger partial charge >= 0.3 is 0 Å². The third-order valence-electron chi connectivity index (χ3n) is 2.79. The van der Waals surface area contributed by atoms with E-state index < -0.39 is 0 Å². The fourth-order valence-corrected chi connectivity index (χ4v) is 1.66. The molecular formula is C13H17NO2. The molecule has 0 aliphatic heterocycles. The van der Waals surface area contributed by atoms with Crippen LogP contribution in [0.15, 0.2) is 28.7 Å². The first-order valence-electron chi connectivity index (χ1n) is 5.45. The molecule has 0 aliphatic rings. The molecule has 0 fully saturated rings. The molecule has 1 atom stereocenters. The molecule has 2 rings (SSSR count). The molecule has 2 aromatic rings. The first kappa shape index (κ1) is 11.0. The van der Waals surface area contributed by atoms with E-state index in [1.807, 2.05) is 24.3 Å². The molecular weight excluding hydrogens is 202 g/mol. The summed E-state index contributed by atoms with van der Waals surface area (Å²) in [5.74, 6) is 2.03. The van der Waals surface area contributed by atoms with Crippen LogP contribution in [0.4, 0.5) is 0 Å². The van der Waals surface area contributed by atoms with Crippen LogP contribution >= 0.6 is 0 Å². The van der Waals surface area contributed by atoms with Gasteiger partial charge in [0.1, 0.15) is 17.1 Å². The highest BCUT2D eigenvalue weighted by Gasteiger charge is 2.15. The lowest BCUT2D eigenvalue weighted by molar-refractivity contribution is 0.413. The molecule has 0 saturated heterocycles. The molecule has 0 radical (unpaired) electrons. The molecule has 86 valence electrons. The summed E-state index contributed by atoms with van der Waals surface area (Å²) in [6.07, 6.45) is 0. The largest absolute Gasteiger partial charge is 0.497 e. The summed E-state index contributed by atoms with van der Waals surface area (Å²) in [6, 6.07) is 7.68. The van der Waals surface area contributed by atoms with E-state index >= 15 is 0 Å². The summed E-state index contributed by atoms with van der Waals surface area (Å²) < 4.78 is 10.9. The second-order valence-electron chi connectivity index (χ2n) is 4.32. The highest BCUT2D eigenvalue weighted by molar-refractivity contribution is 5.79. The minimum atomic E-state index is -0.0570. The van der Waals surface area contributed by atoms with Crippen molar-refractivity contribution < 1.29 is 9.15 Å². The second kappa shape index (κ2) is 4.18. The summed E-state index contributed by atoms with van der Waals surface area (Å²) in [5, 5.41) is 1.03. The van der Waals surface area contributed by atoms with E-state index in [0.29, 0.717) is 5.92 Å². The summed E-state index contributed by atoms with van der Waals surface area (Å²) in [6.45, 7) is 4.16. The van der Waals surface area contributed by atoms with Crippen molar-refractivity contribution in [3.63, 3.8) is 0 Å². The van der Waals surface area contributed by atoms with Gasteiger partial charge in [0, 0.05) is 5.39 Å². The summed E-state index contributed by atoms with van der Waals surface area (Å²) >= 11 is 0. The average Bonchev–Trinajstić information content (AvgIpc) is 2.69. The third kappa shape index (κ3) is 1.91. The van der Waals surface area contributed by atoms with Crippen molar-refractivity contribution in [2.24, 2.45) is 11.7 Å². The van der Waals surface area contributed by atoms with Crippen molar-refractivity contribution in [3.05, 3.63) is 30.0 Å². The molecule has 1 heterocycles. The van der Waals surface area contributed by atoms with Gasteiger partial charge in [-0.1, -0.05) is 13.8 Å². The number of benzene rings is 1.